The lowest BCUT2D eigenvalue weighted by molar-refractivity contribution is -0.114. The number of carbonyl (C=O) groups is 1. The molecule has 0 spiro atoms. The number of anilines is 1. The molecule has 0 aliphatic carbocycles. The number of hydrogen-bond acceptors (Lipinski definition) is 3. The van der Waals surface area contributed by atoms with Crippen LogP contribution in [0.25, 0.3) is 11.3 Å². The van der Waals surface area contributed by atoms with E-state index in [4.69, 9.17) is 16.1 Å². The van der Waals surface area contributed by atoms with Crippen molar-refractivity contribution in [3.8, 4) is 11.3 Å². The highest BCUT2D eigenvalue weighted by atomic mass is 35.5. The van der Waals surface area contributed by atoms with E-state index in [-0.39, 0.29) is 11.8 Å². The van der Waals surface area contributed by atoms with E-state index in [0.717, 1.165) is 5.56 Å². The van der Waals surface area contributed by atoms with Gasteiger partial charge in [0, 0.05) is 11.6 Å². The van der Waals surface area contributed by atoms with Gasteiger partial charge in [0.05, 0.1) is 0 Å². The molecule has 1 aromatic carbocycles. The summed E-state index contributed by atoms with van der Waals surface area (Å²) < 4.78 is 5.09. The minimum Gasteiger partial charge on any atom is -0.354 e. The Morgan fingerprint density at radius 3 is 2.81 bits per heavy atom. The van der Waals surface area contributed by atoms with Gasteiger partial charge < -0.3 is 9.84 Å². The van der Waals surface area contributed by atoms with Crippen molar-refractivity contribution >= 4 is 23.3 Å². The van der Waals surface area contributed by atoms with Gasteiger partial charge in [-0.1, -0.05) is 35.5 Å². The van der Waals surface area contributed by atoms with E-state index >= 15 is 0 Å². The van der Waals surface area contributed by atoms with Crippen molar-refractivity contribution in [1.29, 1.82) is 0 Å². The van der Waals surface area contributed by atoms with Gasteiger partial charge in [0.25, 0.3) is 0 Å². The molecule has 0 bridgehead atoms. The maximum Gasteiger partial charge on any atom is 0.240 e. The van der Waals surface area contributed by atoms with Gasteiger partial charge in [-0.3, -0.25) is 4.79 Å². The molecule has 0 saturated carbocycles. The Labute approximate surface area is 97.2 Å². The molecule has 82 valence electrons. The molecule has 2 aromatic rings. The highest BCUT2D eigenvalue weighted by molar-refractivity contribution is 6.29. The fraction of sp³-hybridized carbons (Fsp3) is 0.0909. The molecule has 0 atom stereocenters. The van der Waals surface area contributed by atoms with Crippen LogP contribution in [0, 0.1) is 0 Å². The Kier molecular flexibility index (Phi) is 3.22. The Bertz CT molecular complexity index is 482. The van der Waals surface area contributed by atoms with Crippen LogP contribution in [0.3, 0.4) is 0 Å². The Balaban J connectivity index is 2.17. The number of nitrogens with one attached hydrogen (secondary N) is 1. The van der Waals surface area contributed by atoms with Crippen molar-refractivity contribution in [2.24, 2.45) is 0 Å². The van der Waals surface area contributed by atoms with Crippen LogP contribution in [-0.2, 0) is 4.79 Å². The Hall–Kier alpha value is -1.81. The third-order valence-electron chi connectivity index (χ3n) is 1.96. The molecule has 0 fully saturated rings. The van der Waals surface area contributed by atoms with Crippen molar-refractivity contribution in [3.63, 3.8) is 0 Å². The smallest absolute Gasteiger partial charge is 0.240 e. The van der Waals surface area contributed by atoms with E-state index < -0.39 is 0 Å². The van der Waals surface area contributed by atoms with E-state index in [1.165, 1.54) is 0 Å². The van der Waals surface area contributed by atoms with Gasteiger partial charge in [-0.15, -0.1) is 11.6 Å². The lowest BCUT2D eigenvalue weighted by Gasteiger charge is -1.94. The van der Waals surface area contributed by atoms with Crippen molar-refractivity contribution in [1.82, 2.24) is 5.16 Å². The predicted molar refractivity (Wildman–Crippen MR) is 61.3 cm³/mol. The molecule has 16 heavy (non-hydrogen) atoms. The van der Waals surface area contributed by atoms with Crippen LogP contribution in [0.1, 0.15) is 0 Å². The van der Waals surface area contributed by atoms with Crippen molar-refractivity contribution in [3.05, 3.63) is 36.4 Å². The summed E-state index contributed by atoms with van der Waals surface area (Å²) in [7, 11) is 0. The minimum absolute atomic E-state index is 0.104. The molecule has 0 aliphatic rings. The van der Waals surface area contributed by atoms with Crippen molar-refractivity contribution in [2.45, 2.75) is 0 Å². The minimum atomic E-state index is -0.311. The first kappa shape index (κ1) is 10.7. The van der Waals surface area contributed by atoms with Gasteiger partial charge in [-0.2, -0.15) is 0 Å². The second kappa shape index (κ2) is 4.81. The van der Waals surface area contributed by atoms with Crippen LogP contribution in [0.2, 0.25) is 0 Å². The average Bonchev–Trinajstić information content (AvgIpc) is 2.78. The second-order valence-corrected chi connectivity index (χ2v) is 3.39. The van der Waals surface area contributed by atoms with Crippen LogP contribution in [0.15, 0.2) is 40.9 Å². The summed E-state index contributed by atoms with van der Waals surface area (Å²) in [5.74, 6) is 0.553. The van der Waals surface area contributed by atoms with Gasteiger partial charge in [0.2, 0.25) is 5.91 Å². The first-order valence-electron chi connectivity index (χ1n) is 4.67. The molecule has 0 aliphatic heterocycles. The predicted octanol–water partition coefficient (Wildman–Crippen LogP) is 2.52. The molecule has 2 rings (SSSR count). The van der Waals surface area contributed by atoms with Crippen LogP contribution >= 0.6 is 11.6 Å². The zero-order valence-corrected chi connectivity index (χ0v) is 9.07. The first-order valence-corrected chi connectivity index (χ1v) is 5.21. The fourth-order valence-electron chi connectivity index (χ4n) is 1.25. The zero-order chi connectivity index (χ0) is 11.4. The fourth-order valence-corrected chi connectivity index (χ4v) is 1.32. The van der Waals surface area contributed by atoms with Gasteiger partial charge in [0.1, 0.15) is 5.88 Å². The maximum absolute atomic E-state index is 11.0. The molecule has 0 radical (unpaired) electrons. The summed E-state index contributed by atoms with van der Waals surface area (Å²) in [6.07, 6.45) is 0. The first-order chi connectivity index (χ1) is 7.79. The van der Waals surface area contributed by atoms with E-state index in [2.05, 4.69) is 10.5 Å². The quantitative estimate of drug-likeness (QED) is 0.834. The topological polar surface area (TPSA) is 55.1 Å². The largest absolute Gasteiger partial charge is 0.354 e. The van der Waals surface area contributed by atoms with Crippen LogP contribution in [0.5, 0.6) is 0 Å². The number of halogens is 1. The standard InChI is InChI=1S/C11H9ClN2O2/c12-7-11(15)13-10-6-9(16-14-10)8-4-2-1-3-5-8/h1-6H,7H2,(H,13,14,15). The van der Waals surface area contributed by atoms with E-state index in [1.54, 1.807) is 6.07 Å². The molecule has 1 N–H and O–H groups in total. The van der Waals surface area contributed by atoms with Gasteiger partial charge >= 0.3 is 0 Å². The second-order valence-electron chi connectivity index (χ2n) is 3.12. The molecule has 0 saturated heterocycles. The average molecular weight is 237 g/mol. The maximum atomic E-state index is 11.0. The number of hydrogen-bond donors (Lipinski definition) is 1. The van der Waals surface area contributed by atoms with Crippen molar-refractivity contribution in [2.75, 3.05) is 11.2 Å². The van der Waals surface area contributed by atoms with Gasteiger partial charge in [0.15, 0.2) is 11.6 Å². The van der Waals surface area contributed by atoms with Gasteiger partial charge in [-0.25, -0.2) is 0 Å². The zero-order valence-electron chi connectivity index (χ0n) is 8.31. The number of alkyl halides is 1. The molecular weight excluding hydrogens is 228 g/mol. The molecular formula is C11H9ClN2O2. The lowest BCUT2D eigenvalue weighted by Crippen LogP contribution is -2.12. The molecule has 1 aromatic heterocycles. The summed E-state index contributed by atoms with van der Waals surface area (Å²) in [5.41, 5.74) is 0.904. The number of amides is 1. The summed E-state index contributed by atoms with van der Waals surface area (Å²) in [4.78, 5) is 11.0. The lowest BCUT2D eigenvalue weighted by atomic mass is 10.2. The molecule has 5 heteroatoms. The SMILES string of the molecule is O=C(CCl)Nc1cc(-c2ccccc2)on1. The Morgan fingerprint density at radius 1 is 1.38 bits per heavy atom. The van der Waals surface area contributed by atoms with Gasteiger partial charge in [-0.05, 0) is 0 Å². The summed E-state index contributed by atoms with van der Waals surface area (Å²) in [6.45, 7) is 0. The van der Waals surface area contributed by atoms with E-state index in [0.29, 0.717) is 11.6 Å². The van der Waals surface area contributed by atoms with Crippen LogP contribution in [0.4, 0.5) is 5.82 Å². The van der Waals surface area contributed by atoms with Crippen LogP contribution < -0.4 is 5.32 Å². The molecule has 4 nitrogen and oxygen atoms in total. The number of aromatic nitrogens is 1. The molecule has 1 amide bonds. The van der Waals surface area contributed by atoms with E-state index in [1.807, 2.05) is 30.3 Å². The monoisotopic (exact) mass is 236 g/mol. The normalized spacial score (nSPS) is 10.1. The van der Waals surface area contributed by atoms with Crippen molar-refractivity contribution < 1.29 is 9.32 Å². The van der Waals surface area contributed by atoms with Crippen LogP contribution in [-0.4, -0.2) is 16.9 Å². The summed E-state index contributed by atoms with van der Waals surface area (Å²) in [5, 5.41) is 6.22. The van der Waals surface area contributed by atoms with E-state index in [9.17, 15) is 4.79 Å². The summed E-state index contributed by atoms with van der Waals surface area (Å²) >= 11 is 5.36. The highest BCUT2D eigenvalue weighted by Crippen LogP contribution is 2.21. The molecule has 0 unspecified atom stereocenters. The molecule has 1 heterocycles. The summed E-state index contributed by atoms with van der Waals surface area (Å²) in [6, 6.07) is 11.2. The number of benzene rings is 1. The third-order valence-corrected chi connectivity index (χ3v) is 2.20. The Morgan fingerprint density at radius 2 is 2.12 bits per heavy atom. The number of rotatable bonds is 3. The highest BCUT2D eigenvalue weighted by Gasteiger charge is 2.08. The number of carbonyl (C=O) groups excluding carboxylic acids is 1. The number of nitrogens with zero attached hydrogens (tertiary/aromatic N) is 1. The third kappa shape index (κ3) is 2.41.